The molecule has 2 aliphatic heterocycles. The maximum absolute atomic E-state index is 12.1. The van der Waals surface area contributed by atoms with Gasteiger partial charge < -0.3 is 33.6 Å². The van der Waals surface area contributed by atoms with E-state index in [0.717, 1.165) is 11.1 Å². The molecule has 4 rings (SSSR count). The number of benzene rings is 1. The maximum Gasteiger partial charge on any atom is 1.00 e. The van der Waals surface area contributed by atoms with Crippen molar-refractivity contribution in [1.82, 2.24) is 4.98 Å². The molecule has 35 heavy (non-hydrogen) atoms. The average Bonchev–Trinajstić information content (AvgIpc) is 3.39. The van der Waals surface area contributed by atoms with Gasteiger partial charge in [-0.2, -0.15) is 8.60 Å². The van der Waals surface area contributed by atoms with Gasteiger partial charge in [0.15, 0.2) is 0 Å². The van der Waals surface area contributed by atoms with E-state index in [0.29, 0.717) is 17.3 Å². The molecule has 0 aliphatic carbocycles. The van der Waals surface area contributed by atoms with Gasteiger partial charge in [0, 0.05) is 11.8 Å². The van der Waals surface area contributed by atoms with E-state index in [1.54, 1.807) is 36.5 Å². The second-order valence-electron chi connectivity index (χ2n) is 7.23. The standard InChI is InChI=1S/C20H20N3O9P.2Na/c1-29-17-6-12(2-4-16(17)22-8-14(10-24)31-19(22)25)13-3-5-18(21-7-13)23-9-15(32-20(23)26)11-30-33(27)28;;/h2-7,14-15,24H,8-11H2,1H3;;/q-2;2*+1. The van der Waals surface area contributed by atoms with Crippen molar-refractivity contribution in [3.05, 3.63) is 36.5 Å². The van der Waals surface area contributed by atoms with Crippen LogP contribution in [-0.4, -0.2) is 67.9 Å². The number of pyridine rings is 1. The zero-order valence-corrected chi connectivity index (χ0v) is 24.3. The molecule has 176 valence electrons. The molecule has 0 saturated carbocycles. The fraction of sp³-hybridized carbons (Fsp3) is 0.350. The molecule has 3 heterocycles. The molecule has 1 N–H and O–H groups in total. The monoisotopic (exact) mass is 523 g/mol. The summed E-state index contributed by atoms with van der Waals surface area (Å²) in [6.45, 7) is -0.200. The molecular formula is C20H20N3Na2O9P. The number of nitrogens with zero attached hydrogens (tertiary/aromatic N) is 3. The van der Waals surface area contributed by atoms with E-state index in [9.17, 15) is 24.5 Å². The van der Waals surface area contributed by atoms with Crippen LogP contribution in [0.5, 0.6) is 5.75 Å². The van der Waals surface area contributed by atoms with Crippen LogP contribution in [0.3, 0.4) is 0 Å². The van der Waals surface area contributed by atoms with E-state index in [4.69, 9.17) is 14.2 Å². The zero-order chi connectivity index (χ0) is 23.5. The largest absolute Gasteiger partial charge is 1.00 e. The molecule has 15 heteroatoms. The first kappa shape index (κ1) is 30.2. The van der Waals surface area contributed by atoms with E-state index in [2.05, 4.69) is 9.51 Å². The number of aromatic nitrogens is 1. The first-order valence-corrected chi connectivity index (χ1v) is 11.0. The molecule has 2 amide bonds. The predicted molar refractivity (Wildman–Crippen MR) is 111 cm³/mol. The van der Waals surface area contributed by atoms with Gasteiger partial charge >= 0.3 is 71.3 Å². The van der Waals surface area contributed by atoms with Gasteiger partial charge in [-0.1, -0.05) is 6.07 Å². The molecule has 12 nitrogen and oxygen atoms in total. The van der Waals surface area contributed by atoms with Gasteiger partial charge in [0.2, 0.25) is 0 Å². The Bertz CT molecular complexity index is 1030. The Morgan fingerprint density at radius 1 is 1.06 bits per heavy atom. The quantitative estimate of drug-likeness (QED) is 0.261. The minimum absolute atomic E-state index is 0. The van der Waals surface area contributed by atoms with Crippen LogP contribution < -0.4 is 83.4 Å². The van der Waals surface area contributed by atoms with E-state index < -0.39 is 33.0 Å². The Hall–Kier alpha value is -1.02. The summed E-state index contributed by atoms with van der Waals surface area (Å²) >= 11 is 0. The fourth-order valence-corrected chi connectivity index (χ4v) is 3.84. The number of amides is 2. The average molecular weight is 523 g/mol. The Morgan fingerprint density at radius 2 is 1.71 bits per heavy atom. The first-order chi connectivity index (χ1) is 15.9. The number of anilines is 2. The van der Waals surface area contributed by atoms with Gasteiger partial charge in [0.05, 0.1) is 39.1 Å². The van der Waals surface area contributed by atoms with Crippen molar-refractivity contribution in [2.75, 3.05) is 43.2 Å². The molecule has 2 saturated heterocycles. The molecule has 2 fully saturated rings. The Balaban J connectivity index is 0.00000216. The summed E-state index contributed by atoms with van der Waals surface area (Å²) in [7, 11) is -1.54. The Morgan fingerprint density at radius 3 is 2.31 bits per heavy atom. The smallest absolute Gasteiger partial charge is 0.820 e. The minimum Gasteiger partial charge on any atom is -0.820 e. The van der Waals surface area contributed by atoms with Gasteiger partial charge in [-0.3, -0.25) is 9.80 Å². The van der Waals surface area contributed by atoms with Crippen LogP contribution in [0.1, 0.15) is 0 Å². The van der Waals surface area contributed by atoms with E-state index in [-0.39, 0.29) is 85.4 Å². The summed E-state index contributed by atoms with van der Waals surface area (Å²) in [6.07, 6.45) is -0.943. The van der Waals surface area contributed by atoms with Crippen LogP contribution in [0.2, 0.25) is 0 Å². The van der Waals surface area contributed by atoms with E-state index >= 15 is 0 Å². The molecular weight excluding hydrogens is 503 g/mol. The van der Waals surface area contributed by atoms with Crippen LogP contribution in [0.15, 0.2) is 36.5 Å². The van der Waals surface area contributed by atoms with Crippen LogP contribution in [0.4, 0.5) is 21.1 Å². The van der Waals surface area contributed by atoms with Gasteiger partial charge in [-0.15, -0.1) is 0 Å². The van der Waals surface area contributed by atoms with Crippen molar-refractivity contribution in [2.24, 2.45) is 0 Å². The van der Waals surface area contributed by atoms with Crippen molar-refractivity contribution in [2.45, 2.75) is 12.2 Å². The Labute approximate surface area is 246 Å². The molecule has 1 aromatic carbocycles. The Kier molecular flexibility index (Phi) is 11.7. The summed E-state index contributed by atoms with van der Waals surface area (Å²) in [6, 6.07) is 8.64. The normalized spacial score (nSPS) is 19.2. The van der Waals surface area contributed by atoms with Gasteiger partial charge in [0.25, 0.3) is 0 Å². The number of hydrogen-bond acceptors (Lipinski definition) is 10. The number of aliphatic hydroxyl groups excluding tert-OH is 1. The number of carbonyl (C=O) groups excluding carboxylic acids is 2. The van der Waals surface area contributed by atoms with Crippen molar-refractivity contribution >= 4 is 32.3 Å². The number of rotatable bonds is 8. The van der Waals surface area contributed by atoms with Gasteiger partial charge in [-0.25, -0.2) is 14.6 Å². The third-order valence-corrected chi connectivity index (χ3v) is 5.51. The molecule has 2 aliphatic rings. The molecule has 2 aromatic rings. The SMILES string of the molecule is COc1cc(-c2ccc(N3CC(COP([O-])[O-])OC3=O)nc2)ccc1N1CC(CO)OC1=O.[Na+].[Na+]. The second-order valence-corrected chi connectivity index (χ2v) is 7.93. The van der Waals surface area contributed by atoms with E-state index in [1.165, 1.54) is 16.9 Å². The summed E-state index contributed by atoms with van der Waals surface area (Å²) in [5.41, 5.74) is 2.01. The van der Waals surface area contributed by atoms with Crippen molar-refractivity contribution < 1.29 is 102 Å². The van der Waals surface area contributed by atoms with Crippen LogP contribution in [0, 0.1) is 0 Å². The number of ether oxygens (including phenoxy) is 3. The summed E-state index contributed by atoms with van der Waals surface area (Å²) in [5.74, 6) is 0.783. The first-order valence-electron chi connectivity index (χ1n) is 9.88. The predicted octanol–water partition coefficient (Wildman–Crippen LogP) is -5.63. The maximum atomic E-state index is 12.1. The summed E-state index contributed by atoms with van der Waals surface area (Å²) in [4.78, 5) is 52.3. The summed E-state index contributed by atoms with van der Waals surface area (Å²) < 4.78 is 20.1. The van der Waals surface area contributed by atoms with Crippen LogP contribution in [-0.2, 0) is 14.0 Å². The number of hydrogen-bond donors (Lipinski definition) is 1. The third kappa shape index (κ3) is 7.06. The molecule has 0 bridgehead atoms. The van der Waals surface area contributed by atoms with Crippen LogP contribution in [0.25, 0.3) is 11.1 Å². The minimum atomic E-state index is -3.02. The number of carbonyl (C=O) groups is 2. The second kappa shape index (κ2) is 13.5. The third-order valence-electron chi connectivity index (χ3n) is 5.15. The zero-order valence-electron chi connectivity index (χ0n) is 19.4. The van der Waals surface area contributed by atoms with Crippen molar-refractivity contribution in [3.8, 4) is 16.9 Å². The van der Waals surface area contributed by atoms with Crippen LogP contribution >= 0.6 is 8.60 Å². The number of cyclic esters (lactones) is 2. The van der Waals surface area contributed by atoms with Crippen molar-refractivity contribution in [1.29, 1.82) is 0 Å². The van der Waals surface area contributed by atoms with Crippen molar-refractivity contribution in [3.63, 3.8) is 0 Å². The molecule has 2 unspecified atom stereocenters. The topological polar surface area (TPSA) is 157 Å². The molecule has 0 spiro atoms. The van der Waals surface area contributed by atoms with Gasteiger partial charge in [0.1, 0.15) is 23.8 Å². The van der Waals surface area contributed by atoms with E-state index in [1.807, 2.05) is 0 Å². The number of methoxy groups -OCH3 is 1. The van der Waals surface area contributed by atoms with Gasteiger partial charge in [-0.05, 0) is 29.8 Å². The summed E-state index contributed by atoms with van der Waals surface area (Å²) in [5, 5.41) is 9.24. The molecule has 1 aromatic heterocycles. The molecule has 0 radical (unpaired) electrons. The fourth-order valence-electron chi connectivity index (χ4n) is 3.55. The number of aliphatic hydroxyl groups is 1. The molecule has 2 atom stereocenters.